The van der Waals surface area contributed by atoms with E-state index < -0.39 is 0 Å². The second-order valence-electron chi connectivity index (χ2n) is 2.46. The second-order valence-corrected chi connectivity index (χ2v) is 2.46. The minimum atomic E-state index is 0.111. The van der Waals surface area contributed by atoms with E-state index >= 15 is 0 Å². The summed E-state index contributed by atoms with van der Waals surface area (Å²) in [6.45, 7) is 4.89. The molecular formula is C10H18O2. The molecule has 0 atom stereocenters. The molecule has 0 heterocycles. The van der Waals surface area contributed by atoms with Gasteiger partial charge >= 0.3 is 0 Å². The number of allylic oxidation sites excluding steroid dienone is 2. The van der Waals surface area contributed by atoms with Crippen LogP contribution in [0.4, 0.5) is 0 Å². The fraction of sp³-hybridized carbons (Fsp3) is 0.600. The number of unbranched alkanes of at least 4 members (excludes halogenated alkanes) is 1. The molecule has 0 fully saturated rings. The minimum absolute atomic E-state index is 0.111. The molecule has 0 aliphatic carbocycles. The summed E-state index contributed by atoms with van der Waals surface area (Å²) >= 11 is 0. The molecule has 0 aliphatic rings. The molecule has 0 unspecified atom stereocenters. The maximum Gasteiger partial charge on any atom is 0.0697 e. The van der Waals surface area contributed by atoms with Crippen molar-refractivity contribution in [2.75, 3.05) is 19.8 Å². The normalized spacial score (nSPS) is 10.8. The van der Waals surface area contributed by atoms with Crippen molar-refractivity contribution in [3.63, 3.8) is 0 Å². The number of rotatable bonds is 8. The predicted molar refractivity (Wildman–Crippen MR) is 51.1 cm³/mol. The lowest BCUT2D eigenvalue weighted by Crippen LogP contribution is -1.99. The molecule has 12 heavy (non-hydrogen) atoms. The van der Waals surface area contributed by atoms with Gasteiger partial charge in [-0.05, 0) is 19.3 Å². The van der Waals surface area contributed by atoms with Crippen molar-refractivity contribution in [3.05, 3.63) is 24.8 Å². The third-order valence-corrected chi connectivity index (χ3v) is 1.37. The first-order valence-electron chi connectivity index (χ1n) is 4.36. The van der Waals surface area contributed by atoms with Gasteiger partial charge in [0.2, 0.25) is 0 Å². The van der Waals surface area contributed by atoms with Gasteiger partial charge in [0, 0.05) is 0 Å². The molecule has 1 N–H and O–H groups in total. The van der Waals surface area contributed by atoms with Crippen molar-refractivity contribution in [1.82, 2.24) is 0 Å². The fourth-order valence-electron chi connectivity index (χ4n) is 0.768. The number of ether oxygens (including phenoxy) is 1. The minimum Gasteiger partial charge on any atom is -0.394 e. The number of aliphatic hydroxyl groups excluding tert-OH is 1. The van der Waals surface area contributed by atoms with Crippen molar-refractivity contribution < 1.29 is 9.84 Å². The van der Waals surface area contributed by atoms with Crippen molar-refractivity contribution in [3.8, 4) is 0 Å². The molecule has 0 rings (SSSR count). The largest absolute Gasteiger partial charge is 0.394 e. The Hall–Kier alpha value is -0.600. The van der Waals surface area contributed by atoms with Crippen LogP contribution in [0.25, 0.3) is 0 Å². The fourth-order valence-corrected chi connectivity index (χ4v) is 0.768. The molecule has 0 bridgehead atoms. The monoisotopic (exact) mass is 170 g/mol. The Morgan fingerprint density at radius 3 is 2.50 bits per heavy atom. The van der Waals surface area contributed by atoms with E-state index in [4.69, 9.17) is 9.84 Å². The maximum absolute atomic E-state index is 8.38. The van der Waals surface area contributed by atoms with Crippen LogP contribution in [0.3, 0.4) is 0 Å². The van der Waals surface area contributed by atoms with Crippen LogP contribution in [-0.2, 0) is 4.74 Å². The zero-order valence-corrected chi connectivity index (χ0v) is 7.54. The molecule has 70 valence electrons. The molecular weight excluding hydrogens is 152 g/mol. The molecule has 0 saturated heterocycles. The predicted octanol–water partition coefficient (Wildman–Crippen LogP) is 1.91. The van der Waals surface area contributed by atoms with Crippen LogP contribution in [0.5, 0.6) is 0 Å². The first-order chi connectivity index (χ1) is 5.91. The van der Waals surface area contributed by atoms with Crippen LogP contribution < -0.4 is 0 Å². The van der Waals surface area contributed by atoms with E-state index in [1.165, 1.54) is 0 Å². The average molecular weight is 170 g/mol. The number of hydrogen-bond donors (Lipinski definition) is 1. The molecule has 2 nitrogen and oxygen atoms in total. The lowest BCUT2D eigenvalue weighted by Gasteiger charge is -1.96. The zero-order valence-electron chi connectivity index (χ0n) is 7.54. The van der Waals surface area contributed by atoms with Gasteiger partial charge in [-0.3, -0.25) is 0 Å². The summed E-state index contributed by atoms with van der Waals surface area (Å²) in [6.07, 6.45) is 9.16. The van der Waals surface area contributed by atoms with E-state index in [0.717, 1.165) is 19.3 Å². The quantitative estimate of drug-likeness (QED) is 0.445. The highest BCUT2D eigenvalue weighted by Crippen LogP contribution is 1.93. The summed E-state index contributed by atoms with van der Waals surface area (Å²) in [5, 5.41) is 8.38. The highest BCUT2D eigenvalue weighted by atomic mass is 16.5. The number of hydrogen-bond acceptors (Lipinski definition) is 2. The van der Waals surface area contributed by atoms with Gasteiger partial charge < -0.3 is 9.84 Å². The van der Waals surface area contributed by atoms with Gasteiger partial charge in [-0.25, -0.2) is 0 Å². The highest BCUT2D eigenvalue weighted by molar-refractivity contribution is 4.84. The summed E-state index contributed by atoms with van der Waals surface area (Å²) in [5.41, 5.74) is 0. The maximum atomic E-state index is 8.38. The topological polar surface area (TPSA) is 29.5 Å². The van der Waals surface area contributed by atoms with Crippen LogP contribution in [0.2, 0.25) is 0 Å². The summed E-state index contributed by atoms with van der Waals surface area (Å²) < 4.78 is 5.07. The molecule has 0 spiro atoms. The molecule has 2 heteroatoms. The Kier molecular flexibility index (Phi) is 9.88. The molecule has 0 amide bonds. The van der Waals surface area contributed by atoms with Crippen molar-refractivity contribution in [2.24, 2.45) is 0 Å². The molecule has 0 aromatic heterocycles. The van der Waals surface area contributed by atoms with Gasteiger partial charge in [-0.1, -0.05) is 18.2 Å². The van der Waals surface area contributed by atoms with Crippen LogP contribution >= 0.6 is 0 Å². The van der Waals surface area contributed by atoms with E-state index in [0.29, 0.717) is 13.2 Å². The number of aliphatic hydroxyl groups is 1. The lowest BCUT2D eigenvalue weighted by molar-refractivity contribution is 0.0955. The second kappa shape index (κ2) is 10.4. The van der Waals surface area contributed by atoms with Gasteiger partial charge in [0.1, 0.15) is 0 Å². The van der Waals surface area contributed by atoms with Gasteiger partial charge in [-0.15, -0.1) is 6.58 Å². The van der Waals surface area contributed by atoms with Crippen molar-refractivity contribution >= 4 is 0 Å². The summed E-state index contributed by atoms with van der Waals surface area (Å²) in [5.74, 6) is 0. The van der Waals surface area contributed by atoms with E-state index in [-0.39, 0.29) is 6.61 Å². The Bertz CT molecular complexity index is 119. The molecule has 0 aliphatic heterocycles. The van der Waals surface area contributed by atoms with Crippen LogP contribution in [-0.4, -0.2) is 24.9 Å². The van der Waals surface area contributed by atoms with E-state index in [2.05, 4.69) is 18.7 Å². The van der Waals surface area contributed by atoms with Crippen molar-refractivity contribution in [1.29, 1.82) is 0 Å². The highest BCUT2D eigenvalue weighted by Gasteiger charge is 1.82. The smallest absolute Gasteiger partial charge is 0.0697 e. The zero-order chi connectivity index (χ0) is 9.07. The van der Waals surface area contributed by atoms with Crippen LogP contribution in [0.15, 0.2) is 24.8 Å². The van der Waals surface area contributed by atoms with Crippen LogP contribution in [0.1, 0.15) is 19.3 Å². The third-order valence-electron chi connectivity index (χ3n) is 1.37. The summed E-state index contributed by atoms with van der Waals surface area (Å²) in [7, 11) is 0. The Labute approximate surface area is 74.6 Å². The Morgan fingerprint density at radius 2 is 1.83 bits per heavy atom. The molecule has 0 radical (unpaired) electrons. The summed E-state index contributed by atoms with van der Waals surface area (Å²) in [6, 6.07) is 0. The molecule has 0 saturated carbocycles. The van der Waals surface area contributed by atoms with Gasteiger partial charge in [0.05, 0.1) is 19.8 Å². The van der Waals surface area contributed by atoms with E-state index in [1.807, 2.05) is 6.08 Å². The lowest BCUT2D eigenvalue weighted by atomic mass is 10.2. The van der Waals surface area contributed by atoms with Gasteiger partial charge in [0.15, 0.2) is 0 Å². The first kappa shape index (κ1) is 11.4. The van der Waals surface area contributed by atoms with E-state index in [9.17, 15) is 0 Å². The van der Waals surface area contributed by atoms with Gasteiger partial charge in [-0.2, -0.15) is 0 Å². The molecule has 0 aromatic rings. The SMILES string of the molecule is C=CCCC=CCCOCCO. The Morgan fingerprint density at radius 1 is 1.08 bits per heavy atom. The van der Waals surface area contributed by atoms with Gasteiger partial charge in [0.25, 0.3) is 0 Å². The van der Waals surface area contributed by atoms with Crippen molar-refractivity contribution in [2.45, 2.75) is 19.3 Å². The average Bonchev–Trinajstić information content (AvgIpc) is 2.10. The summed E-state index contributed by atoms with van der Waals surface area (Å²) in [4.78, 5) is 0. The molecule has 0 aromatic carbocycles. The van der Waals surface area contributed by atoms with E-state index in [1.54, 1.807) is 0 Å². The standard InChI is InChI=1S/C10H18O2/c1-2-3-4-5-6-7-9-12-10-8-11/h2,5-6,11H,1,3-4,7-10H2. The Balaban J connectivity index is 2.97. The first-order valence-corrected chi connectivity index (χ1v) is 4.36. The third kappa shape index (κ3) is 9.40. The van der Waals surface area contributed by atoms with Crippen LogP contribution in [0, 0.1) is 0 Å².